The third-order valence-electron chi connectivity index (χ3n) is 8.10. The minimum absolute atomic E-state index is 0.00398. The van der Waals surface area contributed by atoms with E-state index in [1.165, 1.54) is 0 Å². The first-order valence-corrected chi connectivity index (χ1v) is 16.1. The molecule has 2 amide bonds. The molecule has 4 N–H and O–H groups in total. The summed E-state index contributed by atoms with van der Waals surface area (Å²) in [5.41, 5.74) is 1.95. The number of nitrogens with one attached hydrogen (secondary N) is 4. The number of nitrogens with zero attached hydrogens (tertiary/aromatic N) is 3. The van der Waals surface area contributed by atoms with Crippen LogP contribution in [0.4, 0.5) is 20.3 Å². The summed E-state index contributed by atoms with van der Waals surface area (Å²) in [5.74, 6) is -2.92. The first kappa shape index (κ1) is 31.5. The predicted molar refractivity (Wildman–Crippen MR) is 165 cm³/mol. The fraction of sp³-hybridized carbons (Fsp3) is 0.323. The van der Waals surface area contributed by atoms with Crippen molar-refractivity contribution in [2.75, 3.05) is 43.5 Å². The van der Waals surface area contributed by atoms with Gasteiger partial charge in [-0.2, -0.15) is 9.40 Å². The highest BCUT2D eigenvalue weighted by Crippen LogP contribution is 2.38. The predicted octanol–water partition coefficient (Wildman–Crippen LogP) is 3.83. The van der Waals surface area contributed by atoms with Gasteiger partial charge in [0.25, 0.3) is 11.8 Å². The van der Waals surface area contributed by atoms with Crippen molar-refractivity contribution < 1.29 is 31.5 Å². The van der Waals surface area contributed by atoms with Crippen molar-refractivity contribution in [3.8, 4) is 0 Å². The molecule has 0 aliphatic carbocycles. The van der Waals surface area contributed by atoms with Gasteiger partial charge in [-0.1, -0.05) is 19.9 Å². The number of hydrogen-bond donors (Lipinski definition) is 4. The average Bonchev–Trinajstić information content (AvgIpc) is 3.69. The van der Waals surface area contributed by atoms with Crippen molar-refractivity contribution in [3.63, 3.8) is 0 Å². The highest BCUT2D eigenvalue weighted by atomic mass is 32.2. The molecule has 46 heavy (non-hydrogen) atoms. The Bertz CT molecular complexity index is 1870. The number of ether oxygens (including phenoxy) is 1. The van der Waals surface area contributed by atoms with Crippen LogP contribution < -0.4 is 10.6 Å². The number of sulfonamides is 1. The Balaban J connectivity index is 1.29. The summed E-state index contributed by atoms with van der Waals surface area (Å²) in [5, 5.41) is 12.8. The molecular formula is C31H33F2N7O5S. The zero-order valence-electron chi connectivity index (χ0n) is 25.2. The Morgan fingerprint density at radius 3 is 2.46 bits per heavy atom. The molecule has 4 heterocycles. The number of H-pyrrole nitrogens is 2. The molecule has 0 bridgehead atoms. The van der Waals surface area contributed by atoms with Gasteiger partial charge in [0.1, 0.15) is 11.6 Å². The van der Waals surface area contributed by atoms with Crippen LogP contribution >= 0.6 is 0 Å². The number of aromatic amines is 2. The van der Waals surface area contributed by atoms with Crippen molar-refractivity contribution in [2.45, 2.75) is 37.2 Å². The molecule has 15 heteroatoms. The fourth-order valence-corrected chi connectivity index (χ4v) is 7.39. The summed E-state index contributed by atoms with van der Waals surface area (Å²) in [6, 6.07) is 8.94. The van der Waals surface area contributed by atoms with E-state index in [0.717, 1.165) is 35.1 Å². The van der Waals surface area contributed by atoms with E-state index in [9.17, 15) is 26.8 Å². The number of fused-ring (bicyclic) bond motifs is 1. The van der Waals surface area contributed by atoms with Gasteiger partial charge < -0.3 is 20.4 Å². The Hall–Kier alpha value is -4.44. The largest absolute Gasteiger partial charge is 0.379 e. The van der Waals surface area contributed by atoms with Gasteiger partial charge in [0.2, 0.25) is 10.0 Å². The van der Waals surface area contributed by atoms with Gasteiger partial charge in [0.05, 0.1) is 34.9 Å². The van der Waals surface area contributed by atoms with Gasteiger partial charge in [-0.3, -0.25) is 19.6 Å². The lowest BCUT2D eigenvalue weighted by molar-refractivity contribution is 0.0342. The molecule has 2 aliphatic rings. The molecule has 0 saturated carbocycles. The van der Waals surface area contributed by atoms with Crippen molar-refractivity contribution in [1.82, 2.24) is 24.4 Å². The number of hydrogen-bond acceptors (Lipinski definition) is 7. The molecule has 2 aromatic heterocycles. The van der Waals surface area contributed by atoms with Gasteiger partial charge >= 0.3 is 0 Å². The third-order valence-corrected chi connectivity index (χ3v) is 9.87. The zero-order valence-corrected chi connectivity index (χ0v) is 26.0. The number of aromatic nitrogens is 3. The monoisotopic (exact) mass is 653 g/mol. The second-order valence-electron chi connectivity index (χ2n) is 12.0. The van der Waals surface area contributed by atoms with E-state index in [-0.39, 0.29) is 30.2 Å². The summed E-state index contributed by atoms with van der Waals surface area (Å²) in [7, 11) is -4.32. The lowest BCUT2D eigenvalue weighted by atomic mass is 9.84. The molecule has 0 spiro atoms. The molecule has 12 nitrogen and oxygen atoms in total. The second-order valence-corrected chi connectivity index (χ2v) is 13.9. The van der Waals surface area contributed by atoms with Crippen LogP contribution in [0.1, 0.15) is 51.4 Å². The van der Waals surface area contributed by atoms with Gasteiger partial charge in [-0.05, 0) is 35.9 Å². The highest BCUT2D eigenvalue weighted by Gasteiger charge is 2.41. The van der Waals surface area contributed by atoms with Crippen molar-refractivity contribution >= 4 is 33.3 Å². The molecular weight excluding hydrogens is 620 g/mol. The molecule has 2 aromatic carbocycles. The summed E-state index contributed by atoms with van der Waals surface area (Å²) in [4.78, 5) is 31.3. The first-order chi connectivity index (χ1) is 21.9. The molecule has 0 unspecified atom stereocenters. The maximum Gasteiger partial charge on any atom is 0.258 e. The number of amides is 2. The van der Waals surface area contributed by atoms with Gasteiger partial charge in [0.15, 0.2) is 5.82 Å². The van der Waals surface area contributed by atoms with Crippen LogP contribution in [0.25, 0.3) is 0 Å². The smallest absolute Gasteiger partial charge is 0.258 e. The topological polar surface area (TPSA) is 153 Å². The van der Waals surface area contributed by atoms with Crippen molar-refractivity contribution in [2.24, 2.45) is 0 Å². The van der Waals surface area contributed by atoms with E-state index < -0.39 is 43.8 Å². The van der Waals surface area contributed by atoms with E-state index in [0.29, 0.717) is 42.6 Å². The van der Waals surface area contributed by atoms with Crippen LogP contribution in [0.3, 0.4) is 0 Å². The van der Waals surface area contributed by atoms with E-state index in [2.05, 4.69) is 30.7 Å². The van der Waals surface area contributed by atoms with Gasteiger partial charge in [0, 0.05) is 67.9 Å². The molecule has 6 rings (SSSR count). The number of benzene rings is 2. The normalized spacial score (nSPS) is 17.0. The molecule has 0 radical (unpaired) electrons. The van der Waals surface area contributed by atoms with Crippen LogP contribution in [0.2, 0.25) is 0 Å². The summed E-state index contributed by atoms with van der Waals surface area (Å²) >= 11 is 0. The maximum absolute atomic E-state index is 13.9. The summed E-state index contributed by atoms with van der Waals surface area (Å²) < 4.78 is 61.5. The number of carbonyl (C=O) groups excluding carboxylic acids is 2. The molecule has 1 fully saturated rings. The van der Waals surface area contributed by atoms with Crippen molar-refractivity contribution in [3.05, 3.63) is 94.4 Å². The minimum Gasteiger partial charge on any atom is -0.379 e. The van der Waals surface area contributed by atoms with Crippen molar-refractivity contribution in [1.29, 1.82) is 0 Å². The van der Waals surface area contributed by atoms with Gasteiger partial charge in [-0.25, -0.2) is 17.2 Å². The molecule has 1 saturated heterocycles. The number of anilines is 2. The van der Waals surface area contributed by atoms with Crippen LogP contribution in [-0.4, -0.2) is 77.5 Å². The zero-order chi connectivity index (χ0) is 32.6. The minimum atomic E-state index is -4.32. The van der Waals surface area contributed by atoms with Crippen LogP contribution in [0, 0.1) is 11.6 Å². The Kier molecular flexibility index (Phi) is 8.50. The first-order valence-electron chi connectivity index (χ1n) is 14.6. The lowest BCUT2D eigenvalue weighted by Crippen LogP contribution is -2.45. The number of morpholine rings is 1. The van der Waals surface area contributed by atoms with E-state index in [1.54, 1.807) is 44.4 Å². The maximum atomic E-state index is 13.9. The quantitative estimate of drug-likeness (QED) is 0.226. The number of halogens is 2. The standard InChI is InChI=1S/C31H33F2N7O5S/c1-31(2)18-40(46(43,44)23-13-21(32)12-22(33)14-23)17-25-27(31)37-38-28(25)36-30(42)24-4-3-19(16-39-7-9-45-10-8-39)11-26(24)35-29(41)20-5-6-34-15-20/h3-6,11-15,34H,7-10,16-18H2,1-2H3,(H,35,41)(H2,36,37,38,42). The van der Waals surface area contributed by atoms with Crippen LogP contribution in [-0.2, 0) is 33.3 Å². The number of carbonyl (C=O) groups is 2. The summed E-state index contributed by atoms with van der Waals surface area (Å²) in [6.07, 6.45) is 3.16. The highest BCUT2D eigenvalue weighted by molar-refractivity contribution is 7.89. The molecule has 4 aromatic rings. The van der Waals surface area contributed by atoms with Crippen LogP contribution in [0.5, 0.6) is 0 Å². The molecule has 0 atom stereocenters. The Morgan fingerprint density at radius 2 is 1.76 bits per heavy atom. The SMILES string of the molecule is CC1(C)CN(S(=O)(=O)c2cc(F)cc(F)c2)Cc2c(NC(=O)c3ccc(CN4CCOCC4)cc3NC(=O)c3cc[nH]c3)n[nH]c21. The van der Waals surface area contributed by atoms with Gasteiger partial charge in [-0.15, -0.1) is 0 Å². The lowest BCUT2D eigenvalue weighted by Gasteiger charge is -2.36. The van der Waals surface area contributed by atoms with E-state index in [4.69, 9.17) is 4.74 Å². The summed E-state index contributed by atoms with van der Waals surface area (Å²) in [6.45, 7) is 6.75. The Labute approximate surface area is 264 Å². The Morgan fingerprint density at radius 1 is 1.02 bits per heavy atom. The number of rotatable bonds is 8. The van der Waals surface area contributed by atoms with Crippen LogP contribution in [0.15, 0.2) is 59.8 Å². The average molecular weight is 654 g/mol. The second kappa shape index (κ2) is 12.4. The van der Waals surface area contributed by atoms with E-state index >= 15 is 0 Å². The molecule has 242 valence electrons. The third kappa shape index (κ3) is 6.44. The fourth-order valence-electron chi connectivity index (χ4n) is 5.77. The van der Waals surface area contributed by atoms with E-state index in [1.807, 2.05) is 6.07 Å². The molecule has 2 aliphatic heterocycles.